The highest BCUT2D eigenvalue weighted by molar-refractivity contribution is 9.10. The lowest BCUT2D eigenvalue weighted by Crippen LogP contribution is -1.90. The molecule has 2 nitrogen and oxygen atoms in total. The summed E-state index contributed by atoms with van der Waals surface area (Å²) >= 11 is 3.22. The van der Waals surface area contributed by atoms with E-state index in [4.69, 9.17) is 4.42 Å². The fourth-order valence-electron chi connectivity index (χ4n) is 0.704. The molecule has 0 saturated heterocycles. The minimum absolute atomic E-state index is 0.466. The van der Waals surface area contributed by atoms with Gasteiger partial charge in [0.05, 0.1) is 4.47 Å². The number of rotatable bonds is 2. The van der Waals surface area contributed by atoms with Crippen LogP contribution in [0.5, 0.6) is 0 Å². The summed E-state index contributed by atoms with van der Waals surface area (Å²) in [5, 5.41) is 9.23. The molecule has 0 fully saturated rings. The number of hydrogen-bond donors (Lipinski definition) is 1. The van der Waals surface area contributed by atoms with E-state index in [1.165, 1.54) is 0 Å². The maximum Gasteiger partial charge on any atom is 0.133 e. The van der Waals surface area contributed by atoms with Crippen molar-refractivity contribution in [3.05, 3.63) is 22.6 Å². The van der Waals surface area contributed by atoms with Crippen LogP contribution >= 0.6 is 15.9 Å². The molecule has 1 aromatic heterocycles. The van der Waals surface area contributed by atoms with Gasteiger partial charge in [-0.2, -0.15) is 0 Å². The van der Waals surface area contributed by atoms with E-state index in [9.17, 15) is 5.11 Å². The summed E-state index contributed by atoms with van der Waals surface area (Å²) in [5.41, 5.74) is 0. The van der Waals surface area contributed by atoms with Crippen LogP contribution in [0, 0.1) is 0 Å². The largest absolute Gasteiger partial charge is 0.465 e. The summed E-state index contributed by atoms with van der Waals surface area (Å²) < 4.78 is 5.89. The van der Waals surface area contributed by atoms with Gasteiger partial charge in [-0.1, -0.05) is 6.92 Å². The molecule has 0 aliphatic carbocycles. The van der Waals surface area contributed by atoms with Crippen LogP contribution in [0.1, 0.15) is 25.2 Å². The van der Waals surface area contributed by atoms with Crippen molar-refractivity contribution in [2.24, 2.45) is 0 Å². The van der Waals surface area contributed by atoms with Crippen LogP contribution in [0.2, 0.25) is 0 Å². The second-order valence-electron chi connectivity index (χ2n) is 2.09. The molecular formula is C7H9BrO2. The predicted molar refractivity (Wildman–Crippen MR) is 41.7 cm³/mol. The standard InChI is InChI=1S/C7H9BrO2/c1-2-6(9)7-3-5(8)4-10-7/h3-4,6,9H,2H2,1H3/t6-/m1/s1. The Morgan fingerprint density at radius 1 is 1.80 bits per heavy atom. The maximum atomic E-state index is 9.23. The number of aliphatic hydroxyl groups is 1. The molecule has 0 unspecified atom stereocenters. The Morgan fingerprint density at radius 2 is 2.50 bits per heavy atom. The molecule has 1 N–H and O–H groups in total. The van der Waals surface area contributed by atoms with Crippen molar-refractivity contribution in [2.75, 3.05) is 0 Å². The molecule has 0 aromatic carbocycles. The molecule has 0 bridgehead atoms. The van der Waals surface area contributed by atoms with Crippen molar-refractivity contribution in [1.29, 1.82) is 0 Å². The first-order chi connectivity index (χ1) is 4.74. The fraction of sp³-hybridized carbons (Fsp3) is 0.429. The number of hydrogen-bond acceptors (Lipinski definition) is 2. The molecule has 0 aliphatic heterocycles. The SMILES string of the molecule is CC[C@@H](O)c1cc(Br)co1. The van der Waals surface area contributed by atoms with Gasteiger partial charge < -0.3 is 9.52 Å². The highest BCUT2D eigenvalue weighted by Gasteiger charge is 2.07. The van der Waals surface area contributed by atoms with Crippen LogP contribution in [-0.4, -0.2) is 5.11 Å². The van der Waals surface area contributed by atoms with Crippen molar-refractivity contribution >= 4 is 15.9 Å². The van der Waals surface area contributed by atoms with Gasteiger partial charge in [-0.15, -0.1) is 0 Å². The quantitative estimate of drug-likeness (QED) is 0.804. The molecule has 1 heterocycles. The lowest BCUT2D eigenvalue weighted by Gasteiger charge is -2.00. The van der Waals surface area contributed by atoms with Gasteiger partial charge in [-0.25, -0.2) is 0 Å². The molecule has 1 atom stereocenters. The number of halogens is 1. The Labute approximate surface area is 68.0 Å². The van der Waals surface area contributed by atoms with Gasteiger partial charge in [0, 0.05) is 0 Å². The summed E-state index contributed by atoms with van der Waals surface area (Å²) in [4.78, 5) is 0. The van der Waals surface area contributed by atoms with Crippen LogP contribution < -0.4 is 0 Å². The molecule has 1 aromatic rings. The average Bonchev–Trinajstić information content (AvgIpc) is 2.34. The number of furan rings is 1. The van der Waals surface area contributed by atoms with Gasteiger partial charge >= 0.3 is 0 Å². The van der Waals surface area contributed by atoms with Gasteiger partial charge in [0.2, 0.25) is 0 Å². The van der Waals surface area contributed by atoms with E-state index in [1.807, 2.05) is 6.92 Å². The van der Waals surface area contributed by atoms with Gasteiger partial charge in [-0.3, -0.25) is 0 Å². The summed E-state index contributed by atoms with van der Waals surface area (Å²) in [6, 6.07) is 1.77. The topological polar surface area (TPSA) is 33.4 Å². The van der Waals surface area contributed by atoms with Gasteiger partial charge in [0.1, 0.15) is 18.1 Å². The molecule has 0 saturated carbocycles. The molecule has 0 spiro atoms. The first kappa shape index (κ1) is 7.82. The summed E-state index contributed by atoms with van der Waals surface area (Å²) in [6.45, 7) is 1.90. The third kappa shape index (κ3) is 1.61. The van der Waals surface area contributed by atoms with E-state index in [2.05, 4.69) is 15.9 Å². The summed E-state index contributed by atoms with van der Waals surface area (Å²) in [7, 11) is 0. The van der Waals surface area contributed by atoms with E-state index < -0.39 is 6.10 Å². The van der Waals surface area contributed by atoms with E-state index in [1.54, 1.807) is 12.3 Å². The molecule has 3 heteroatoms. The van der Waals surface area contributed by atoms with Gasteiger partial charge in [0.25, 0.3) is 0 Å². The predicted octanol–water partition coefficient (Wildman–Crippen LogP) is 2.49. The minimum atomic E-state index is -0.466. The van der Waals surface area contributed by atoms with Crippen LogP contribution in [0.3, 0.4) is 0 Å². The summed E-state index contributed by atoms with van der Waals surface area (Å²) in [5.74, 6) is 0.620. The molecule has 0 aliphatic rings. The zero-order valence-electron chi connectivity index (χ0n) is 5.67. The van der Waals surface area contributed by atoms with Crippen molar-refractivity contribution in [2.45, 2.75) is 19.4 Å². The third-order valence-electron chi connectivity index (χ3n) is 1.30. The van der Waals surface area contributed by atoms with Gasteiger partial charge in [0.15, 0.2) is 0 Å². The Hall–Kier alpha value is -0.280. The van der Waals surface area contributed by atoms with Crippen molar-refractivity contribution in [3.8, 4) is 0 Å². The lowest BCUT2D eigenvalue weighted by molar-refractivity contribution is 0.146. The second kappa shape index (κ2) is 3.21. The van der Waals surface area contributed by atoms with Gasteiger partial charge in [-0.05, 0) is 28.4 Å². The lowest BCUT2D eigenvalue weighted by atomic mass is 10.2. The normalized spacial score (nSPS) is 13.5. The smallest absolute Gasteiger partial charge is 0.133 e. The monoisotopic (exact) mass is 204 g/mol. The first-order valence-electron chi connectivity index (χ1n) is 3.16. The first-order valence-corrected chi connectivity index (χ1v) is 3.95. The Morgan fingerprint density at radius 3 is 2.90 bits per heavy atom. The molecular weight excluding hydrogens is 196 g/mol. The van der Waals surface area contributed by atoms with E-state index in [0.717, 1.165) is 4.47 Å². The van der Waals surface area contributed by atoms with Crippen molar-refractivity contribution in [3.63, 3.8) is 0 Å². The van der Waals surface area contributed by atoms with E-state index in [-0.39, 0.29) is 0 Å². The van der Waals surface area contributed by atoms with Crippen LogP contribution in [0.4, 0.5) is 0 Å². The number of aliphatic hydroxyl groups excluding tert-OH is 1. The van der Waals surface area contributed by atoms with Crippen LogP contribution in [0.25, 0.3) is 0 Å². The van der Waals surface area contributed by atoms with E-state index in [0.29, 0.717) is 12.2 Å². The molecule has 1 rings (SSSR count). The molecule has 0 radical (unpaired) electrons. The maximum absolute atomic E-state index is 9.23. The highest BCUT2D eigenvalue weighted by Crippen LogP contribution is 2.21. The Balaban J connectivity index is 2.74. The molecule has 10 heavy (non-hydrogen) atoms. The minimum Gasteiger partial charge on any atom is -0.465 e. The average molecular weight is 205 g/mol. The summed E-state index contributed by atoms with van der Waals surface area (Å²) in [6.07, 6.45) is 1.78. The molecule has 56 valence electrons. The highest BCUT2D eigenvalue weighted by atomic mass is 79.9. The van der Waals surface area contributed by atoms with Crippen molar-refractivity contribution < 1.29 is 9.52 Å². The Bertz CT molecular complexity index is 207. The van der Waals surface area contributed by atoms with Crippen molar-refractivity contribution in [1.82, 2.24) is 0 Å². The second-order valence-corrected chi connectivity index (χ2v) is 3.01. The Kier molecular flexibility index (Phi) is 2.51. The van der Waals surface area contributed by atoms with E-state index >= 15 is 0 Å². The third-order valence-corrected chi connectivity index (χ3v) is 1.72. The van der Waals surface area contributed by atoms with Crippen LogP contribution in [-0.2, 0) is 0 Å². The zero-order chi connectivity index (χ0) is 7.56. The zero-order valence-corrected chi connectivity index (χ0v) is 7.26. The van der Waals surface area contributed by atoms with Crippen LogP contribution in [0.15, 0.2) is 21.2 Å². The molecule has 0 amide bonds. The fourth-order valence-corrected chi connectivity index (χ4v) is 1.02.